The molecule has 0 unspecified atom stereocenters. The number of carbonyl (C=O) groups is 2. The van der Waals surface area contributed by atoms with Gasteiger partial charge in [0, 0.05) is 24.8 Å². The van der Waals surface area contributed by atoms with Crippen LogP contribution in [0.4, 0.5) is 0 Å². The fourth-order valence-electron chi connectivity index (χ4n) is 3.22. The molecule has 0 atom stereocenters. The summed E-state index contributed by atoms with van der Waals surface area (Å²) >= 11 is 0. The first kappa shape index (κ1) is 20.0. The maximum Gasteiger partial charge on any atom is 0.207 e. The van der Waals surface area contributed by atoms with Gasteiger partial charge in [0.15, 0.2) is 19.2 Å². The number of hydrogen-bond acceptors (Lipinski definition) is 6. The van der Waals surface area contributed by atoms with Crippen molar-refractivity contribution in [2.75, 3.05) is 27.1 Å². The highest BCUT2D eigenvalue weighted by atomic mass is 16.7. The zero-order chi connectivity index (χ0) is 19.9. The van der Waals surface area contributed by atoms with Crippen LogP contribution < -0.4 is 9.47 Å². The van der Waals surface area contributed by atoms with Crippen LogP contribution in [-0.2, 0) is 22.5 Å². The van der Waals surface area contributed by atoms with Gasteiger partial charge in [-0.15, -0.1) is 0 Å². The second-order valence-electron chi connectivity index (χ2n) is 6.57. The average Bonchev–Trinajstić information content (AvgIpc) is 3.07. The van der Waals surface area contributed by atoms with E-state index < -0.39 is 0 Å². The molecule has 0 aliphatic carbocycles. The van der Waals surface area contributed by atoms with Crippen molar-refractivity contribution in [3.05, 3.63) is 58.7 Å². The van der Waals surface area contributed by atoms with Crippen molar-refractivity contribution in [1.29, 1.82) is 0 Å². The molecule has 2 aromatic carbocycles. The molecule has 28 heavy (non-hydrogen) atoms. The van der Waals surface area contributed by atoms with Crippen LogP contribution in [0.1, 0.15) is 45.2 Å². The Morgan fingerprint density at radius 1 is 1.21 bits per heavy atom. The summed E-state index contributed by atoms with van der Waals surface area (Å²) in [5.41, 5.74) is 2.70. The lowest BCUT2D eigenvalue weighted by atomic mass is 9.94. The van der Waals surface area contributed by atoms with Crippen LogP contribution in [0.2, 0.25) is 0 Å². The molecule has 0 bridgehead atoms. The summed E-state index contributed by atoms with van der Waals surface area (Å²) in [6, 6.07) is 11.6. The second kappa shape index (κ2) is 9.48. The molecule has 0 saturated carbocycles. The quantitative estimate of drug-likeness (QED) is 0.354. The molecule has 6 heteroatoms. The summed E-state index contributed by atoms with van der Waals surface area (Å²) in [6.45, 7) is 2.49. The van der Waals surface area contributed by atoms with Gasteiger partial charge in [-0.3, -0.25) is 9.59 Å². The first-order valence-corrected chi connectivity index (χ1v) is 9.22. The highest BCUT2D eigenvalue weighted by Gasteiger charge is 2.31. The number of methoxy groups -OCH3 is 1. The second-order valence-corrected chi connectivity index (χ2v) is 6.57. The van der Waals surface area contributed by atoms with Gasteiger partial charge in [0.1, 0.15) is 17.1 Å². The minimum absolute atomic E-state index is 0.0153. The Bertz CT molecular complexity index is 844. The Labute approximate surface area is 164 Å². The van der Waals surface area contributed by atoms with Crippen molar-refractivity contribution in [3.8, 4) is 11.5 Å². The molecule has 0 amide bonds. The molecular weight excluding hydrogens is 360 g/mol. The van der Waals surface area contributed by atoms with E-state index in [0.29, 0.717) is 54.2 Å². The van der Waals surface area contributed by atoms with E-state index in [4.69, 9.17) is 18.9 Å². The smallest absolute Gasteiger partial charge is 0.207 e. The molecule has 0 radical (unpaired) electrons. The predicted octanol–water partition coefficient (Wildman–Crippen LogP) is 3.60. The van der Waals surface area contributed by atoms with Gasteiger partial charge in [-0.25, -0.2) is 0 Å². The van der Waals surface area contributed by atoms with Crippen LogP contribution in [0.15, 0.2) is 36.4 Å². The topological polar surface area (TPSA) is 71.1 Å². The first-order valence-electron chi connectivity index (χ1n) is 9.22. The summed E-state index contributed by atoms with van der Waals surface area (Å²) < 4.78 is 21.9. The molecule has 0 saturated heterocycles. The molecule has 2 aromatic rings. The molecule has 0 N–H and O–H groups in total. The molecule has 148 valence electrons. The highest BCUT2D eigenvalue weighted by Crippen LogP contribution is 2.39. The number of ketones is 2. The standard InChI is InChI=1S/C22H24O6/c1-15(23)18-11-20-21(19(24)13-27-20)22(28-14-25-2)17(18)9-6-10-26-12-16-7-4-3-5-8-16/h3-5,7-8,11H,6,9-10,12-14H2,1-2H3. The van der Waals surface area contributed by atoms with Gasteiger partial charge in [-0.1, -0.05) is 30.3 Å². The van der Waals surface area contributed by atoms with Gasteiger partial charge in [0.2, 0.25) is 5.78 Å². The van der Waals surface area contributed by atoms with E-state index in [2.05, 4.69) is 0 Å². The third kappa shape index (κ3) is 4.58. The Morgan fingerprint density at radius 2 is 2.00 bits per heavy atom. The normalized spacial score (nSPS) is 12.6. The molecule has 3 rings (SSSR count). The van der Waals surface area contributed by atoms with Crippen molar-refractivity contribution >= 4 is 11.6 Å². The van der Waals surface area contributed by atoms with Crippen molar-refractivity contribution < 1.29 is 28.5 Å². The molecule has 0 fully saturated rings. The lowest BCUT2D eigenvalue weighted by Gasteiger charge is -2.17. The maximum atomic E-state index is 12.3. The number of rotatable bonds is 10. The van der Waals surface area contributed by atoms with E-state index in [0.717, 1.165) is 5.56 Å². The van der Waals surface area contributed by atoms with Crippen molar-refractivity contribution in [3.63, 3.8) is 0 Å². The Hall–Kier alpha value is -2.70. The van der Waals surface area contributed by atoms with Gasteiger partial charge in [-0.2, -0.15) is 0 Å². The lowest BCUT2D eigenvalue weighted by molar-refractivity contribution is 0.0494. The molecule has 1 heterocycles. The van der Waals surface area contributed by atoms with Crippen LogP contribution in [0.3, 0.4) is 0 Å². The van der Waals surface area contributed by atoms with Crippen molar-refractivity contribution in [1.82, 2.24) is 0 Å². The number of Topliss-reactive ketones (excluding diaryl/α,β-unsaturated/α-hetero) is 2. The monoisotopic (exact) mass is 384 g/mol. The zero-order valence-corrected chi connectivity index (χ0v) is 16.2. The predicted molar refractivity (Wildman–Crippen MR) is 103 cm³/mol. The average molecular weight is 384 g/mol. The zero-order valence-electron chi connectivity index (χ0n) is 16.2. The minimum atomic E-state index is -0.155. The number of carbonyl (C=O) groups excluding carboxylic acids is 2. The Morgan fingerprint density at radius 3 is 2.71 bits per heavy atom. The maximum absolute atomic E-state index is 12.3. The van der Waals surface area contributed by atoms with E-state index in [1.165, 1.54) is 14.0 Å². The van der Waals surface area contributed by atoms with E-state index in [-0.39, 0.29) is 25.0 Å². The van der Waals surface area contributed by atoms with Gasteiger partial charge < -0.3 is 18.9 Å². The molecule has 1 aliphatic rings. The van der Waals surface area contributed by atoms with Gasteiger partial charge in [-0.05, 0) is 31.4 Å². The van der Waals surface area contributed by atoms with Gasteiger partial charge in [0.05, 0.1) is 6.61 Å². The number of benzene rings is 2. The SMILES string of the molecule is COCOc1c(CCCOCc2ccccc2)c(C(C)=O)cc2c1C(=O)CO2. The molecule has 1 aliphatic heterocycles. The fourth-order valence-corrected chi connectivity index (χ4v) is 3.22. The van der Waals surface area contributed by atoms with E-state index >= 15 is 0 Å². The fraction of sp³-hybridized carbons (Fsp3) is 0.364. The van der Waals surface area contributed by atoms with Gasteiger partial charge >= 0.3 is 0 Å². The van der Waals surface area contributed by atoms with Crippen LogP contribution in [0.5, 0.6) is 11.5 Å². The summed E-state index contributed by atoms with van der Waals surface area (Å²) in [7, 11) is 1.50. The highest BCUT2D eigenvalue weighted by molar-refractivity contribution is 6.07. The third-order valence-electron chi connectivity index (χ3n) is 4.51. The van der Waals surface area contributed by atoms with E-state index in [9.17, 15) is 9.59 Å². The lowest BCUT2D eigenvalue weighted by Crippen LogP contribution is -2.11. The molecular formula is C22H24O6. The first-order chi connectivity index (χ1) is 13.6. The van der Waals surface area contributed by atoms with Crippen LogP contribution in [0.25, 0.3) is 0 Å². The van der Waals surface area contributed by atoms with Crippen molar-refractivity contribution in [2.45, 2.75) is 26.4 Å². The van der Waals surface area contributed by atoms with Crippen LogP contribution >= 0.6 is 0 Å². The minimum Gasteiger partial charge on any atom is -0.485 e. The largest absolute Gasteiger partial charge is 0.485 e. The molecule has 0 aromatic heterocycles. The Balaban J connectivity index is 1.75. The molecule has 0 spiro atoms. The van der Waals surface area contributed by atoms with E-state index in [1.807, 2.05) is 30.3 Å². The summed E-state index contributed by atoms with van der Waals surface area (Å²) in [5, 5.41) is 0. The Kier molecular flexibility index (Phi) is 6.79. The summed E-state index contributed by atoms with van der Waals surface area (Å²) in [4.78, 5) is 24.4. The number of hydrogen-bond donors (Lipinski definition) is 0. The third-order valence-corrected chi connectivity index (χ3v) is 4.51. The van der Waals surface area contributed by atoms with Crippen LogP contribution in [0, 0.1) is 0 Å². The number of fused-ring (bicyclic) bond motifs is 1. The van der Waals surface area contributed by atoms with E-state index in [1.54, 1.807) is 6.07 Å². The van der Waals surface area contributed by atoms with Crippen molar-refractivity contribution in [2.24, 2.45) is 0 Å². The summed E-state index contributed by atoms with van der Waals surface area (Å²) in [5.74, 6) is 0.520. The molecule has 6 nitrogen and oxygen atoms in total. The number of ether oxygens (including phenoxy) is 4. The van der Waals surface area contributed by atoms with Gasteiger partial charge in [0.25, 0.3) is 0 Å². The van der Waals surface area contributed by atoms with Crippen LogP contribution in [-0.4, -0.2) is 38.7 Å². The summed E-state index contributed by atoms with van der Waals surface area (Å²) in [6.07, 6.45) is 1.23.